The van der Waals surface area contributed by atoms with Gasteiger partial charge in [-0.3, -0.25) is 19.4 Å². The molecule has 10 heteroatoms. The van der Waals surface area contributed by atoms with Gasteiger partial charge in [-0.2, -0.15) is 5.26 Å². The fraction of sp³-hybridized carbons (Fsp3) is 0.294. The van der Waals surface area contributed by atoms with E-state index < -0.39 is 17.9 Å². The summed E-state index contributed by atoms with van der Waals surface area (Å²) in [5.41, 5.74) is 6.98. The van der Waals surface area contributed by atoms with E-state index in [1.165, 1.54) is 28.0 Å². The van der Waals surface area contributed by atoms with E-state index in [9.17, 15) is 19.5 Å². The molecule has 0 aliphatic carbocycles. The number of β-lactam (4-membered cyclic amide) rings is 1. The van der Waals surface area contributed by atoms with Crippen molar-refractivity contribution in [3.05, 3.63) is 39.9 Å². The number of fused-ring (bicyclic) bond motifs is 1. The van der Waals surface area contributed by atoms with E-state index in [2.05, 4.69) is 6.07 Å². The number of carbonyl (C=O) groups is 3. The molecule has 2 fully saturated rings. The van der Waals surface area contributed by atoms with Crippen molar-refractivity contribution < 1.29 is 19.5 Å². The van der Waals surface area contributed by atoms with Gasteiger partial charge < -0.3 is 10.8 Å². The van der Waals surface area contributed by atoms with Crippen molar-refractivity contribution in [1.82, 2.24) is 4.90 Å². The van der Waals surface area contributed by atoms with Crippen LogP contribution in [0.4, 0.5) is 5.00 Å². The van der Waals surface area contributed by atoms with E-state index in [0.29, 0.717) is 40.4 Å². The monoisotopic (exact) mass is 402 g/mol. The first-order valence-electron chi connectivity index (χ1n) is 8.10. The van der Waals surface area contributed by atoms with Crippen LogP contribution in [0.3, 0.4) is 0 Å². The zero-order valence-corrected chi connectivity index (χ0v) is 15.5. The highest BCUT2D eigenvalue weighted by atomic mass is 32.2. The summed E-state index contributed by atoms with van der Waals surface area (Å²) in [6.45, 7) is 0.429. The van der Waals surface area contributed by atoms with Crippen LogP contribution in [0.5, 0.6) is 0 Å². The van der Waals surface area contributed by atoms with Gasteiger partial charge in [0.1, 0.15) is 28.2 Å². The van der Waals surface area contributed by atoms with Crippen LogP contribution >= 0.6 is 23.1 Å². The van der Waals surface area contributed by atoms with Crippen molar-refractivity contribution in [2.45, 2.75) is 17.8 Å². The maximum Gasteiger partial charge on any atom is 0.352 e. The van der Waals surface area contributed by atoms with Crippen LogP contribution in [0.1, 0.15) is 12.0 Å². The largest absolute Gasteiger partial charge is 0.477 e. The number of aliphatic carboxylic acids is 1. The van der Waals surface area contributed by atoms with Crippen LogP contribution < -0.4 is 10.6 Å². The molecule has 27 heavy (non-hydrogen) atoms. The van der Waals surface area contributed by atoms with E-state index in [1.54, 1.807) is 22.4 Å². The Hall–Kier alpha value is -2.61. The number of allylic oxidation sites excluding steroid dienone is 1. The number of thiophene rings is 1. The minimum Gasteiger partial charge on any atom is -0.477 e. The summed E-state index contributed by atoms with van der Waals surface area (Å²) in [5, 5.41) is 20.7. The van der Waals surface area contributed by atoms with Gasteiger partial charge in [0.2, 0.25) is 5.91 Å². The summed E-state index contributed by atoms with van der Waals surface area (Å²) in [7, 11) is 0. The van der Waals surface area contributed by atoms with Gasteiger partial charge in [0, 0.05) is 17.9 Å². The normalized spacial score (nSPS) is 26.3. The number of carbonyl (C=O) groups excluding carboxylic acids is 2. The molecule has 138 valence electrons. The molecule has 0 saturated carbocycles. The van der Waals surface area contributed by atoms with E-state index in [-0.39, 0.29) is 17.0 Å². The maximum absolute atomic E-state index is 12.8. The van der Waals surface area contributed by atoms with E-state index in [0.717, 1.165) is 0 Å². The lowest BCUT2D eigenvalue weighted by Gasteiger charge is -2.47. The first kappa shape index (κ1) is 17.8. The van der Waals surface area contributed by atoms with Crippen molar-refractivity contribution in [2.75, 3.05) is 17.2 Å². The lowest BCUT2D eigenvalue weighted by Crippen LogP contribution is -2.68. The predicted octanol–water partition coefficient (Wildman–Crippen LogP) is 0.864. The molecule has 3 N–H and O–H groups in total. The Morgan fingerprint density at radius 1 is 1.44 bits per heavy atom. The SMILES string of the molecule is N#Cc1ccsc1N1CCC(=CC2=C(C(=O)O)N3C(=O)[C@@H](N)[C@H]3SC2)C1=O. The molecule has 0 radical (unpaired) electrons. The molecule has 2 atom stereocenters. The van der Waals surface area contributed by atoms with Gasteiger partial charge in [0.25, 0.3) is 5.91 Å². The van der Waals surface area contributed by atoms with Gasteiger partial charge in [-0.25, -0.2) is 4.79 Å². The van der Waals surface area contributed by atoms with Crippen LogP contribution in [-0.4, -0.2) is 51.5 Å². The fourth-order valence-electron chi connectivity index (χ4n) is 3.40. The topological polar surface area (TPSA) is 128 Å². The van der Waals surface area contributed by atoms with E-state index in [1.807, 2.05) is 0 Å². The number of nitrogens with zero attached hydrogens (tertiary/aromatic N) is 3. The maximum atomic E-state index is 12.8. The molecule has 1 aromatic rings. The smallest absolute Gasteiger partial charge is 0.352 e. The third kappa shape index (κ3) is 2.66. The number of nitrogens with two attached hydrogens (primary N) is 1. The van der Waals surface area contributed by atoms with Gasteiger partial charge in [-0.1, -0.05) is 0 Å². The molecule has 3 aliphatic heterocycles. The standard InChI is InChI=1S/C17H14N4O4S2/c18-6-9-2-4-26-15(9)20-3-1-8(13(20)22)5-10-7-27-16-11(19)14(23)21(16)12(10)17(24)25/h2,4-5,11,16H,1,3,7,19H2,(H,24,25)/t11-,16-/m1/s1. The van der Waals surface area contributed by atoms with Crippen molar-refractivity contribution in [3.8, 4) is 6.07 Å². The minimum absolute atomic E-state index is 0.0990. The number of carboxylic acids is 1. The quantitative estimate of drug-likeness (QED) is 0.567. The Balaban J connectivity index is 1.67. The highest BCUT2D eigenvalue weighted by Crippen LogP contribution is 2.41. The van der Waals surface area contributed by atoms with Crippen LogP contribution in [0, 0.1) is 11.3 Å². The van der Waals surface area contributed by atoms with Crippen LogP contribution in [0.25, 0.3) is 0 Å². The summed E-state index contributed by atoms with van der Waals surface area (Å²) in [5.74, 6) is -1.51. The second kappa shape index (κ2) is 6.53. The third-order valence-electron chi connectivity index (χ3n) is 4.72. The Morgan fingerprint density at radius 3 is 2.93 bits per heavy atom. The number of thioether (sulfide) groups is 1. The molecule has 2 amide bonds. The van der Waals surface area contributed by atoms with Gasteiger partial charge in [-0.15, -0.1) is 23.1 Å². The van der Waals surface area contributed by atoms with Crippen molar-refractivity contribution >= 4 is 45.9 Å². The van der Waals surface area contributed by atoms with Crippen LogP contribution in [-0.2, 0) is 14.4 Å². The van der Waals surface area contributed by atoms with Crippen LogP contribution in [0.2, 0.25) is 0 Å². The average Bonchev–Trinajstić information content (AvgIpc) is 3.27. The first-order valence-corrected chi connectivity index (χ1v) is 10.0. The summed E-state index contributed by atoms with van der Waals surface area (Å²) >= 11 is 2.71. The molecule has 3 aliphatic rings. The van der Waals surface area contributed by atoms with Gasteiger partial charge in [-0.05, 0) is 29.5 Å². The Labute approximate surface area is 162 Å². The number of nitriles is 1. The second-order valence-corrected chi connectivity index (χ2v) is 8.24. The van der Waals surface area contributed by atoms with E-state index >= 15 is 0 Å². The number of carboxylic acid groups (broad SMARTS) is 1. The highest BCUT2D eigenvalue weighted by Gasteiger charge is 2.51. The zero-order valence-electron chi connectivity index (χ0n) is 13.9. The lowest BCUT2D eigenvalue weighted by atomic mass is 10.0. The number of hydrogen-bond acceptors (Lipinski definition) is 7. The van der Waals surface area contributed by atoms with Crippen molar-refractivity contribution in [2.24, 2.45) is 5.73 Å². The predicted molar refractivity (Wildman–Crippen MR) is 99.8 cm³/mol. The average molecular weight is 402 g/mol. The number of hydrogen-bond donors (Lipinski definition) is 2. The van der Waals surface area contributed by atoms with Gasteiger partial charge in [0.05, 0.1) is 5.56 Å². The molecule has 4 heterocycles. The first-order chi connectivity index (χ1) is 12.9. The summed E-state index contributed by atoms with van der Waals surface area (Å²) in [4.78, 5) is 39.3. The highest BCUT2D eigenvalue weighted by molar-refractivity contribution is 8.00. The van der Waals surface area contributed by atoms with E-state index in [4.69, 9.17) is 11.0 Å². The Kier molecular flexibility index (Phi) is 4.30. The third-order valence-corrected chi connectivity index (χ3v) is 6.98. The molecular formula is C17H14N4O4S2. The molecule has 0 aromatic carbocycles. The molecule has 1 aromatic heterocycles. The Bertz CT molecular complexity index is 974. The molecule has 8 nitrogen and oxygen atoms in total. The lowest BCUT2D eigenvalue weighted by molar-refractivity contribution is -0.147. The zero-order chi connectivity index (χ0) is 19.3. The summed E-state index contributed by atoms with van der Waals surface area (Å²) in [6, 6.07) is 3.04. The summed E-state index contributed by atoms with van der Waals surface area (Å²) < 4.78 is 0. The van der Waals surface area contributed by atoms with Gasteiger partial charge in [0.15, 0.2) is 0 Å². The summed E-state index contributed by atoms with van der Waals surface area (Å²) in [6.07, 6.45) is 2.02. The minimum atomic E-state index is -1.21. The molecule has 2 saturated heterocycles. The molecular weight excluding hydrogens is 388 g/mol. The van der Waals surface area contributed by atoms with Gasteiger partial charge >= 0.3 is 5.97 Å². The fourth-order valence-corrected chi connectivity index (χ4v) is 5.53. The second-order valence-electron chi connectivity index (χ2n) is 6.24. The van der Waals surface area contributed by atoms with Crippen molar-refractivity contribution in [3.63, 3.8) is 0 Å². The molecule has 4 rings (SSSR count). The van der Waals surface area contributed by atoms with Crippen molar-refractivity contribution in [1.29, 1.82) is 5.26 Å². The Morgan fingerprint density at radius 2 is 2.22 bits per heavy atom. The molecule has 0 spiro atoms. The molecule has 0 unspecified atom stereocenters. The number of anilines is 1. The van der Waals surface area contributed by atoms with Crippen LogP contribution in [0.15, 0.2) is 34.4 Å². The number of amides is 2. The number of rotatable bonds is 3. The molecule has 0 bridgehead atoms.